The molecular formula is C9H11N3O. The van der Waals surface area contributed by atoms with E-state index >= 15 is 0 Å². The number of pyridine rings is 1. The number of nitrogens with two attached hydrogens (primary N) is 1. The number of rotatable bonds is 0. The van der Waals surface area contributed by atoms with E-state index in [0.717, 1.165) is 30.5 Å². The summed E-state index contributed by atoms with van der Waals surface area (Å²) in [7, 11) is 0. The molecule has 3 N–H and O–H groups in total. The van der Waals surface area contributed by atoms with E-state index in [9.17, 15) is 0 Å². The van der Waals surface area contributed by atoms with Crippen LogP contribution in [0.2, 0.25) is 0 Å². The molecule has 1 aromatic rings. The molecule has 0 aromatic carbocycles. The molecule has 13 heavy (non-hydrogen) atoms. The number of fused-ring (bicyclic) bond motifs is 1. The number of oxime groups is 1. The summed E-state index contributed by atoms with van der Waals surface area (Å²) in [6.45, 7) is 0. The number of hydrogen-bond donors (Lipinski definition) is 2. The van der Waals surface area contributed by atoms with Crippen LogP contribution in [0.5, 0.6) is 0 Å². The van der Waals surface area contributed by atoms with Crippen molar-refractivity contribution in [2.24, 2.45) is 5.16 Å². The zero-order valence-electron chi connectivity index (χ0n) is 7.20. The smallest absolute Gasteiger partial charge is 0.0886 e. The molecule has 0 fully saturated rings. The quantitative estimate of drug-likeness (QED) is 0.461. The van der Waals surface area contributed by atoms with Gasteiger partial charge >= 0.3 is 0 Å². The Kier molecular flexibility index (Phi) is 1.88. The fourth-order valence-electron chi connectivity index (χ4n) is 1.62. The number of hydrogen-bond acceptors (Lipinski definition) is 4. The number of nitrogen functional groups attached to an aromatic ring is 1. The summed E-state index contributed by atoms with van der Waals surface area (Å²) in [5, 5.41) is 12.0. The van der Waals surface area contributed by atoms with Crippen molar-refractivity contribution in [3.05, 3.63) is 23.5 Å². The maximum Gasteiger partial charge on any atom is 0.0886 e. The van der Waals surface area contributed by atoms with E-state index in [-0.39, 0.29) is 0 Å². The Morgan fingerprint density at radius 1 is 1.46 bits per heavy atom. The first-order valence-corrected chi connectivity index (χ1v) is 4.27. The monoisotopic (exact) mass is 177 g/mol. The number of aryl methyl sites for hydroxylation is 1. The SMILES string of the molecule is Nc1cnc2c(c1)/C(=N/O)CCC2. The molecule has 0 bridgehead atoms. The Morgan fingerprint density at radius 3 is 3.08 bits per heavy atom. The van der Waals surface area contributed by atoms with Crippen molar-refractivity contribution in [2.75, 3.05) is 5.73 Å². The van der Waals surface area contributed by atoms with E-state index in [1.165, 1.54) is 0 Å². The van der Waals surface area contributed by atoms with Crippen LogP contribution in [0, 0.1) is 0 Å². The van der Waals surface area contributed by atoms with Crippen LogP contribution in [0.1, 0.15) is 24.1 Å². The Morgan fingerprint density at radius 2 is 2.31 bits per heavy atom. The second-order valence-electron chi connectivity index (χ2n) is 3.16. The van der Waals surface area contributed by atoms with E-state index in [0.29, 0.717) is 11.4 Å². The fraction of sp³-hybridized carbons (Fsp3) is 0.333. The second kappa shape index (κ2) is 3.05. The molecule has 0 aliphatic heterocycles. The van der Waals surface area contributed by atoms with Gasteiger partial charge in [0.1, 0.15) is 0 Å². The second-order valence-corrected chi connectivity index (χ2v) is 3.16. The zero-order chi connectivity index (χ0) is 9.26. The van der Waals surface area contributed by atoms with Gasteiger partial charge in [0.25, 0.3) is 0 Å². The van der Waals surface area contributed by atoms with Crippen LogP contribution < -0.4 is 5.73 Å². The van der Waals surface area contributed by atoms with Gasteiger partial charge in [-0.3, -0.25) is 4.98 Å². The van der Waals surface area contributed by atoms with Gasteiger partial charge in [0.2, 0.25) is 0 Å². The van der Waals surface area contributed by atoms with Crippen molar-refractivity contribution in [2.45, 2.75) is 19.3 Å². The van der Waals surface area contributed by atoms with Crippen molar-refractivity contribution < 1.29 is 5.21 Å². The highest BCUT2D eigenvalue weighted by Crippen LogP contribution is 2.21. The first-order chi connectivity index (χ1) is 6.31. The zero-order valence-corrected chi connectivity index (χ0v) is 7.20. The summed E-state index contributed by atoms with van der Waals surface area (Å²) in [6, 6.07) is 1.82. The average Bonchev–Trinajstić information content (AvgIpc) is 2.17. The molecule has 4 heteroatoms. The summed E-state index contributed by atoms with van der Waals surface area (Å²) >= 11 is 0. The predicted molar refractivity (Wildman–Crippen MR) is 49.9 cm³/mol. The van der Waals surface area contributed by atoms with Crippen molar-refractivity contribution in [3.63, 3.8) is 0 Å². The normalized spacial score (nSPS) is 18.6. The highest BCUT2D eigenvalue weighted by Gasteiger charge is 2.16. The Bertz CT molecular complexity index is 360. The molecule has 2 rings (SSSR count). The molecule has 68 valence electrons. The molecule has 0 saturated heterocycles. The van der Waals surface area contributed by atoms with Gasteiger partial charge < -0.3 is 10.9 Å². The minimum absolute atomic E-state index is 0.613. The molecular weight excluding hydrogens is 166 g/mol. The lowest BCUT2D eigenvalue weighted by Crippen LogP contribution is -2.14. The third-order valence-corrected chi connectivity index (χ3v) is 2.25. The molecule has 0 radical (unpaired) electrons. The van der Waals surface area contributed by atoms with Gasteiger partial charge in [-0.2, -0.15) is 0 Å². The van der Waals surface area contributed by atoms with Crippen LogP contribution in [0.25, 0.3) is 0 Å². The van der Waals surface area contributed by atoms with Gasteiger partial charge in [0, 0.05) is 11.3 Å². The molecule has 1 aromatic heterocycles. The van der Waals surface area contributed by atoms with E-state index in [2.05, 4.69) is 10.1 Å². The van der Waals surface area contributed by atoms with Crippen LogP contribution in [0.15, 0.2) is 17.4 Å². The van der Waals surface area contributed by atoms with E-state index < -0.39 is 0 Å². The van der Waals surface area contributed by atoms with Crippen molar-refractivity contribution >= 4 is 11.4 Å². The van der Waals surface area contributed by atoms with Crippen LogP contribution >= 0.6 is 0 Å². The van der Waals surface area contributed by atoms with Gasteiger partial charge in [-0.25, -0.2) is 0 Å². The molecule has 0 spiro atoms. The molecule has 0 unspecified atom stereocenters. The van der Waals surface area contributed by atoms with Crippen LogP contribution in [0.3, 0.4) is 0 Å². The lowest BCUT2D eigenvalue weighted by molar-refractivity contribution is 0.317. The molecule has 1 aliphatic carbocycles. The van der Waals surface area contributed by atoms with E-state index in [1.807, 2.05) is 6.07 Å². The summed E-state index contributed by atoms with van der Waals surface area (Å²) in [5.41, 5.74) is 8.78. The highest BCUT2D eigenvalue weighted by molar-refractivity contribution is 6.02. The maximum atomic E-state index is 8.75. The number of anilines is 1. The molecule has 0 atom stereocenters. The fourth-order valence-corrected chi connectivity index (χ4v) is 1.62. The first-order valence-electron chi connectivity index (χ1n) is 4.27. The lowest BCUT2D eigenvalue weighted by atomic mass is 9.94. The summed E-state index contributed by atoms with van der Waals surface area (Å²) < 4.78 is 0. The third kappa shape index (κ3) is 1.35. The van der Waals surface area contributed by atoms with Gasteiger partial charge in [-0.1, -0.05) is 5.16 Å². The number of aromatic nitrogens is 1. The molecule has 1 heterocycles. The maximum absolute atomic E-state index is 8.75. The summed E-state index contributed by atoms with van der Waals surface area (Å²) in [4.78, 5) is 4.20. The first kappa shape index (κ1) is 8.04. The molecule has 4 nitrogen and oxygen atoms in total. The average molecular weight is 177 g/mol. The molecule has 1 aliphatic rings. The van der Waals surface area contributed by atoms with Crippen LogP contribution in [0.4, 0.5) is 5.69 Å². The third-order valence-electron chi connectivity index (χ3n) is 2.25. The van der Waals surface area contributed by atoms with E-state index in [1.54, 1.807) is 6.20 Å². The Labute approximate surface area is 76.1 Å². The van der Waals surface area contributed by atoms with E-state index in [4.69, 9.17) is 10.9 Å². The minimum atomic E-state index is 0.613. The van der Waals surface area contributed by atoms with Gasteiger partial charge in [-0.05, 0) is 25.3 Å². The number of nitrogens with zero attached hydrogens (tertiary/aromatic N) is 2. The predicted octanol–water partition coefficient (Wildman–Crippen LogP) is 1.18. The Balaban J connectivity index is 2.54. The standard InChI is InChI=1S/C9H11N3O/c10-6-4-7-8(11-5-6)2-1-3-9(7)12-13/h4-5,13H,1-3,10H2/b12-9+. The molecule has 0 saturated carbocycles. The van der Waals surface area contributed by atoms with Crippen LogP contribution in [-0.2, 0) is 6.42 Å². The minimum Gasteiger partial charge on any atom is -0.411 e. The summed E-state index contributed by atoms with van der Waals surface area (Å²) in [5.74, 6) is 0. The van der Waals surface area contributed by atoms with Gasteiger partial charge in [-0.15, -0.1) is 0 Å². The van der Waals surface area contributed by atoms with Crippen molar-refractivity contribution in [1.82, 2.24) is 4.98 Å². The lowest BCUT2D eigenvalue weighted by Gasteiger charge is -2.15. The largest absolute Gasteiger partial charge is 0.411 e. The molecule has 0 amide bonds. The van der Waals surface area contributed by atoms with Gasteiger partial charge in [0.15, 0.2) is 0 Å². The van der Waals surface area contributed by atoms with Gasteiger partial charge in [0.05, 0.1) is 17.6 Å². The topological polar surface area (TPSA) is 71.5 Å². The van der Waals surface area contributed by atoms with Crippen molar-refractivity contribution in [3.8, 4) is 0 Å². The highest BCUT2D eigenvalue weighted by atomic mass is 16.4. The van der Waals surface area contributed by atoms with Crippen molar-refractivity contribution in [1.29, 1.82) is 0 Å². The van der Waals surface area contributed by atoms with Crippen LogP contribution in [-0.4, -0.2) is 15.9 Å². The Hall–Kier alpha value is -1.58. The summed E-state index contributed by atoms with van der Waals surface area (Å²) in [6.07, 6.45) is 4.37.